The van der Waals surface area contributed by atoms with Gasteiger partial charge < -0.3 is 10.6 Å². The number of halogens is 1. The standard InChI is InChI=1S/C18H22N2O.ClH/c1-3-4-6-14-9-11-17(12-10-14)20(2)18(21)15-7-5-8-16(19)13-15;/h5,7-13H,3-4,6,19H2,1-2H3;1H. The lowest BCUT2D eigenvalue weighted by molar-refractivity contribution is 0.0993. The van der Waals surface area contributed by atoms with Crippen molar-refractivity contribution in [3.8, 4) is 0 Å². The molecule has 0 spiro atoms. The fraction of sp³-hybridized carbons (Fsp3) is 0.278. The number of carbonyl (C=O) groups excluding carboxylic acids is 1. The maximum absolute atomic E-state index is 12.4. The number of rotatable bonds is 5. The van der Waals surface area contributed by atoms with Crippen LogP contribution < -0.4 is 10.6 Å². The number of amides is 1. The molecular weight excluding hydrogens is 296 g/mol. The Labute approximate surface area is 138 Å². The molecule has 2 rings (SSSR count). The minimum absolute atomic E-state index is 0. The lowest BCUT2D eigenvalue weighted by Crippen LogP contribution is -2.26. The smallest absolute Gasteiger partial charge is 0.258 e. The normalized spacial score (nSPS) is 9.91. The van der Waals surface area contributed by atoms with Gasteiger partial charge in [-0.25, -0.2) is 0 Å². The van der Waals surface area contributed by atoms with Crippen LogP contribution in [0.25, 0.3) is 0 Å². The van der Waals surface area contributed by atoms with Crippen LogP contribution in [-0.4, -0.2) is 13.0 Å². The van der Waals surface area contributed by atoms with E-state index >= 15 is 0 Å². The molecule has 2 N–H and O–H groups in total. The molecule has 0 atom stereocenters. The van der Waals surface area contributed by atoms with Gasteiger partial charge >= 0.3 is 0 Å². The molecule has 0 unspecified atom stereocenters. The van der Waals surface area contributed by atoms with Crippen molar-refractivity contribution in [1.29, 1.82) is 0 Å². The molecule has 0 aliphatic rings. The highest BCUT2D eigenvalue weighted by Gasteiger charge is 2.13. The Hall–Kier alpha value is -2.00. The topological polar surface area (TPSA) is 46.3 Å². The van der Waals surface area contributed by atoms with Crippen LogP contribution >= 0.6 is 12.4 Å². The number of nitrogens with zero attached hydrogens (tertiary/aromatic N) is 1. The maximum atomic E-state index is 12.4. The lowest BCUT2D eigenvalue weighted by atomic mass is 10.1. The molecule has 0 aliphatic carbocycles. The highest BCUT2D eigenvalue weighted by atomic mass is 35.5. The van der Waals surface area contributed by atoms with Crippen molar-refractivity contribution in [2.24, 2.45) is 0 Å². The van der Waals surface area contributed by atoms with E-state index in [4.69, 9.17) is 5.73 Å². The van der Waals surface area contributed by atoms with Gasteiger partial charge in [0.25, 0.3) is 5.91 Å². The number of nitrogens with two attached hydrogens (primary N) is 1. The minimum atomic E-state index is -0.0522. The van der Waals surface area contributed by atoms with Gasteiger partial charge in [0.1, 0.15) is 0 Å². The first-order chi connectivity index (χ1) is 10.1. The van der Waals surface area contributed by atoms with Crippen molar-refractivity contribution < 1.29 is 4.79 Å². The third kappa shape index (κ3) is 4.50. The second-order valence-electron chi connectivity index (χ2n) is 5.26. The summed E-state index contributed by atoms with van der Waals surface area (Å²) in [5, 5.41) is 0. The van der Waals surface area contributed by atoms with E-state index in [0.29, 0.717) is 11.3 Å². The third-order valence-electron chi connectivity index (χ3n) is 3.58. The molecule has 0 aliphatic heterocycles. The Morgan fingerprint density at radius 2 is 1.82 bits per heavy atom. The minimum Gasteiger partial charge on any atom is -0.399 e. The average molecular weight is 319 g/mol. The molecule has 0 aromatic heterocycles. The van der Waals surface area contributed by atoms with Crippen molar-refractivity contribution in [3.05, 3.63) is 59.7 Å². The maximum Gasteiger partial charge on any atom is 0.258 e. The van der Waals surface area contributed by atoms with Crippen LogP contribution in [0.2, 0.25) is 0 Å². The molecule has 4 heteroatoms. The molecule has 1 amide bonds. The number of benzene rings is 2. The predicted molar refractivity (Wildman–Crippen MR) is 95.9 cm³/mol. The molecular formula is C18H23ClN2O. The molecule has 0 saturated heterocycles. The number of hydrogen-bond acceptors (Lipinski definition) is 2. The van der Waals surface area contributed by atoms with Crippen molar-refractivity contribution in [3.63, 3.8) is 0 Å². The summed E-state index contributed by atoms with van der Waals surface area (Å²) < 4.78 is 0. The van der Waals surface area contributed by atoms with Gasteiger partial charge in [0.05, 0.1) is 0 Å². The van der Waals surface area contributed by atoms with Gasteiger partial charge in [-0.1, -0.05) is 31.5 Å². The van der Waals surface area contributed by atoms with Crippen LogP contribution in [0.4, 0.5) is 11.4 Å². The number of aryl methyl sites for hydroxylation is 1. The van der Waals surface area contributed by atoms with Gasteiger partial charge in [-0.3, -0.25) is 4.79 Å². The van der Waals surface area contributed by atoms with Crippen molar-refractivity contribution >= 4 is 29.7 Å². The first-order valence-corrected chi connectivity index (χ1v) is 7.34. The Balaban J connectivity index is 0.00000242. The quantitative estimate of drug-likeness (QED) is 0.835. The van der Waals surface area contributed by atoms with Crippen LogP contribution in [0.3, 0.4) is 0 Å². The molecule has 0 bridgehead atoms. The number of nitrogen functional groups attached to an aromatic ring is 1. The molecule has 2 aromatic carbocycles. The summed E-state index contributed by atoms with van der Waals surface area (Å²) in [6, 6.07) is 15.2. The van der Waals surface area contributed by atoms with Crippen LogP contribution in [0.1, 0.15) is 35.7 Å². The summed E-state index contributed by atoms with van der Waals surface area (Å²) in [6.07, 6.45) is 3.47. The monoisotopic (exact) mass is 318 g/mol. The van der Waals surface area contributed by atoms with Crippen molar-refractivity contribution in [2.75, 3.05) is 17.7 Å². The van der Waals surface area contributed by atoms with E-state index in [-0.39, 0.29) is 18.3 Å². The van der Waals surface area contributed by atoms with Gasteiger partial charge in [0.15, 0.2) is 0 Å². The fourth-order valence-electron chi connectivity index (χ4n) is 2.25. The first-order valence-electron chi connectivity index (χ1n) is 7.34. The number of anilines is 2. The summed E-state index contributed by atoms with van der Waals surface area (Å²) in [4.78, 5) is 14.1. The Morgan fingerprint density at radius 1 is 1.14 bits per heavy atom. The zero-order valence-electron chi connectivity index (χ0n) is 13.1. The predicted octanol–water partition coefficient (Wildman–Crippen LogP) is 4.31. The summed E-state index contributed by atoms with van der Waals surface area (Å²) in [7, 11) is 1.78. The molecule has 0 radical (unpaired) electrons. The van der Waals surface area contributed by atoms with Gasteiger partial charge in [-0.15, -0.1) is 12.4 Å². The summed E-state index contributed by atoms with van der Waals surface area (Å²) in [5.74, 6) is -0.0522. The van der Waals surface area contributed by atoms with Crippen LogP contribution in [0.15, 0.2) is 48.5 Å². The fourth-order valence-corrected chi connectivity index (χ4v) is 2.25. The number of unbranched alkanes of at least 4 members (excludes halogenated alkanes) is 1. The van der Waals surface area contributed by atoms with E-state index in [0.717, 1.165) is 12.1 Å². The second kappa shape index (κ2) is 8.44. The van der Waals surface area contributed by atoms with Crippen LogP contribution in [0, 0.1) is 0 Å². The zero-order valence-corrected chi connectivity index (χ0v) is 13.9. The first kappa shape index (κ1) is 18.1. The van der Waals surface area contributed by atoms with Gasteiger partial charge in [0.2, 0.25) is 0 Å². The molecule has 0 saturated carbocycles. The summed E-state index contributed by atoms with van der Waals surface area (Å²) in [6.45, 7) is 2.19. The van der Waals surface area contributed by atoms with Gasteiger partial charge in [-0.05, 0) is 48.7 Å². The van der Waals surface area contributed by atoms with E-state index in [1.165, 1.54) is 18.4 Å². The highest BCUT2D eigenvalue weighted by molar-refractivity contribution is 6.06. The van der Waals surface area contributed by atoms with E-state index in [2.05, 4.69) is 19.1 Å². The SMILES string of the molecule is CCCCc1ccc(N(C)C(=O)c2cccc(N)c2)cc1.Cl. The summed E-state index contributed by atoms with van der Waals surface area (Å²) in [5.41, 5.74) is 9.14. The van der Waals surface area contributed by atoms with E-state index in [1.54, 1.807) is 36.2 Å². The van der Waals surface area contributed by atoms with E-state index in [9.17, 15) is 4.79 Å². The largest absolute Gasteiger partial charge is 0.399 e. The number of hydrogen-bond donors (Lipinski definition) is 1. The lowest BCUT2D eigenvalue weighted by Gasteiger charge is -2.18. The van der Waals surface area contributed by atoms with Gasteiger partial charge in [-0.2, -0.15) is 0 Å². The zero-order chi connectivity index (χ0) is 15.2. The molecule has 0 heterocycles. The average Bonchev–Trinajstić information content (AvgIpc) is 2.52. The molecule has 22 heavy (non-hydrogen) atoms. The van der Waals surface area contributed by atoms with Gasteiger partial charge in [0, 0.05) is 24.0 Å². The summed E-state index contributed by atoms with van der Waals surface area (Å²) >= 11 is 0. The number of carbonyl (C=O) groups is 1. The second-order valence-corrected chi connectivity index (χ2v) is 5.26. The molecule has 118 valence electrons. The van der Waals surface area contributed by atoms with Crippen LogP contribution in [-0.2, 0) is 6.42 Å². The molecule has 2 aromatic rings. The third-order valence-corrected chi connectivity index (χ3v) is 3.58. The Morgan fingerprint density at radius 3 is 2.41 bits per heavy atom. The molecule has 0 fully saturated rings. The van der Waals surface area contributed by atoms with E-state index < -0.39 is 0 Å². The van der Waals surface area contributed by atoms with E-state index in [1.807, 2.05) is 12.1 Å². The van der Waals surface area contributed by atoms with Crippen LogP contribution in [0.5, 0.6) is 0 Å². The van der Waals surface area contributed by atoms with Crippen molar-refractivity contribution in [2.45, 2.75) is 26.2 Å². The molecule has 3 nitrogen and oxygen atoms in total. The Bertz CT molecular complexity index is 611. The highest BCUT2D eigenvalue weighted by Crippen LogP contribution is 2.18. The Kier molecular flexibility index (Phi) is 6.93. The van der Waals surface area contributed by atoms with Crippen molar-refractivity contribution in [1.82, 2.24) is 0 Å².